The zero-order valence-corrected chi connectivity index (χ0v) is 16.4. The molecule has 2 bridgehead atoms. The van der Waals surface area contributed by atoms with E-state index in [0.29, 0.717) is 5.92 Å². The van der Waals surface area contributed by atoms with E-state index in [4.69, 9.17) is 4.99 Å². The van der Waals surface area contributed by atoms with Gasteiger partial charge in [0.1, 0.15) is 11.4 Å². The van der Waals surface area contributed by atoms with E-state index >= 15 is 0 Å². The van der Waals surface area contributed by atoms with Crippen LogP contribution in [0.25, 0.3) is 6.08 Å². The van der Waals surface area contributed by atoms with Crippen molar-refractivity contribution >= 4 is 12.3 Å². The van der Waals surface area contributed by atoms with E-state index in [-0.39, 0.29) is 11.4 Å². The number of allylic oxidation sites excluding steroid dienone is 5. The number of fused-ring (bicyclic) bond motifs is 3. The van der Waals surface area contributed by atoms with Crippen LogP contribution >= 0.6 is 0 Å². The monoisotopic (exact) mass is 372 g/mol. The third-order valence-electron chi connectivity index (χ3n) is 5.71. The largest absolute Gasteiger partial charge is 0.359 e. The van der Waals surface area contributed by atoms with Crippen molar-refractivity contribution in [3.8, 4) is 0 Å². The quantitative estimate of drug-likeness (QED) is 0.519. The van der Waals surface area contributed by atoms with Gasteiger partial charge >= 0.3 is 0 Å². The van der Waals surface area contributed by atoms with Crippen LogP contribution in [0.2, 0.25) is 0 Å². The number of halogens is 1. The molecule has 2 aliphatic carbocycles. The first-order valence-electron chi connectivity index (χ1n) is 9.71. The maximum absolute atomic E-state index is 13.1. The smallest absolute Gasteiger partial charge is 0.123 e. The van der Waals surface area contributed by atoms with E-state index in [1.54, 1.807) is 12.1 Å². The van der Waals surface area contributed by atoms with E-state index in [1.807, 2.05) is 24.4 Å². The van der Waals surface area contributed by atoms with Crippen molar-refractivity contribution in [2.24, 2.45) is 10.9 Å². The second kappa shape index (κ2) is 7.23. The molecule has 3 heteroatoms. The summed E-state index contributed by atoms with van der Waals surface area (Å²) in [5.74, 6) is 0.139. The molecule has 1 aromatic carbocycles. The number of benzene rings is 1. The van der Waals surface area contributed by atoms with Gasteiger partial charge in [-0.25, -0.2) is 4.39 Å². The van der Waals surface area contributed by atoms with Crippen LogP contribution in [-0.4, -0.2) is 11.8 Å². The lowest BCUT2D eigenvalue weighted by molar-refractivity contribution is 0.453. The third-order valence-corrected chi connectivity index (χ3v) is 5.71. The molecule has 1 heterocycles. The topological polar surface area (TPSA) is 24.4 Å². The molecule has 0 spiro atoms. The normalized spacial score (nSPS) is 28.1. The van der Waals surface area contributed by atoms with Crippen molar-refractivity contribution in [2.45, 2.75) is 32.2 Å². The lowest BCUT2D eigenvalue weighted by atomic mass is 9.62. The van der Waals surface area contributed by atoms with Crippen LogP contribution < -0.4 is 5.32 Å². The highest BCUT2D eigenvalue weighted by Crippen LogP contribution is 2.51. The van der Waals surface area contributed by atoms with Gasteiger partial charge in [0.25, 0.3) is 0 Å². The number of aliphatic imine (C=N–C) groups is 1. The average Bonchev–Trinajstić information content (AvgIpc) is 2.66. The number of nitrogens with one attached hydrogen (secondary N) is 1. The molecular weight excluding hydrogens is 347 g/mol. The Kier molecular flexibility index (Phi) is 4.76. The van der Waals surface area contributed by atoms with Gasteiger partial charge in [0.2, 0.25) is 0 Å². The van der Waals surface area contributed by atoms with E-state index in [9.17, 15) is 4.39 Å². The average molecular weight is 372 g/mol. The summed E-state index contributed by atoms with van der Waals surface area (Å²) in [6.45, 7) is 8.36. The number of nitrogens with zero attached hydrogens (tertiary/aromatic N) is 1. The van der Waals surface area contributed by atoms with E-state index in [1.165, 1.54) is 34.5 Å². The minimum Gasteiger partial charge on any atom is -0.359 e. The lowest BCUT2D eigenvalue weighted by Gasteiger charge is -2.47. The summed E-state index contributed by atoms with van der Waals surface area (Å²) in [5.41, 5.74) is 6.71. The van der Waals surface area contributed by atoms with Crippen LogP contribution in [0.4, 0.5) is 4.39 Å². The molecule has 1 N–H and O–H groups in total. The molecule has 28 heavy (non-hydrogen) atoms. The molecule has 3 aliphatic rings. The summed E-state index contributed by atoms with van der Waals surface area (Å²) in [5, 5.41) is 3.47. The molecule has 2 atom stereocenters. The van der Waals surface area contributed by atoms with Crippen molar-refractivity contribution < 1.29 is 4.39 Å². The van der Waals surface area contributed by atoms with Gasteiger partial charge in [-0.3, -0.25) is 4.99 Å². The van der Waals surface area contributed by atoms with Gasteiger partial charge in [-0.05, 0) is 55.7 Å². The molecule has 1 aromatic rings. The van der Waals surface area contributed by atoms with Crippen molar-refractivity contribution in [1.82, 2.24) is 5.32 Å². The summed E-state index contributed by atoms with van der Waals surface area (Å²) < 4.78 is 13.1. The molecule has 0 aromatic heterocycles. The maximum atomic E-state index is 13.1. The van der Waals surface area contributed by atoms with Gasteiger partial charge in [-0.1, -0.05) is 48.6 Å². The van der Waals surface area contributed by atoms with Crippen molar-refractivity contribution in [3.05, 3.63) is 101 Å². The molecule has 0 amide bonds. The van der Waals surface area contributed by atoms with Crippen LogP contribution in [0.1, 0.15) is 32.3 Å². The fraction of sp³-hybridized carbons (Fsp3) is 0.240. The Bertz CT molecular complexity index is 986. The molecule has 142 valence electrons. The molecule has 0 fully saturated rings. The fourth-order valence-corrected chi connectivity index (χ4v) is 4.62. The number of rotatable bonds is 3. The highest BCUT2D eigenvalue weighted by atomic mass is 19.1. The molecule has 2 unspecified atom stereocenters. The van der Waals surface area contributed by atoms with E-state index < -0.39 is 0 Å². The first-order valence-corrected chi connectivity index (χ1v) is 9.71. The molecular formula is C25H25FN2. The maximum Gasteiger partial charge on any atom is 0.123 e. The summed E-state index contributed by atoms with van der Waals surface area (Å²) in [6.07, 6.45) is 16.4. The third kappa shape index (κ3) is 3.22. The minimum atomic E-state index is -0.372. The van der Waals surface area contributed by atoms with Crippen molar-refractivity contribution in [3.63, 3.8) is 0 Å². The predicted octanol–water partition coefficient (Wildman–Crippen LogP) is 5.89. The lowest BCUT2D eigenvalue weighted by Crippen LogP contribution is -2.44. The standard InChI is InChI=1S/C25H25FN2/c1-4-22-20-14-17(2)16-25(22,23-12-7-18(3)28-24(23)15-20)27-13-5-6-19-8-10-21(26)11-9-19/h4-14,20,28H,3,15-16H2,1-2H3/b6-5+,22-4+,27-13+. The first kappa shape index (κ1) is 18.4. The van der Waals surface area contributed by atoms with Gasteiger partial charge in [-0.2, -0.15) is 0 Å². The molecule has 1 aliphatic heterocycles. The van der Waals surface area contributed by atoms with Crippen LogP contribution in [-0.2, 0) is 0 Å². The molecule has 0 radical (unpaired) electrons. The number of dihydropyridines is 1. The zero-order chi connectivity index (χ0) is 19.7. The summed E-state index contributed by atoms with van der Waals surface area (Å²) >= 11 is 0. The van der Waals surface area contributed by atoms with Gasteiger partial charge in [0, 0.05) is 35.5 Å². The molecule has 4 rings (SSSR count). The molecule has 0 saturated carbocycles. The number of hydrogen-bond donors (Lipinski definition) is 1. The van der Waals surface area contributed by atoms with Crippen LogP contribution in [0, 0.1) is 11.7 Å². The van der Waals surface area contributed by atoms with Gasteiger partial charge in [-0.15, -0.1) is 0 Å². The fourth-order valence-electron chi connectivity index (χ4n) is 4.62. The Hall–Kier alpha value is -2.94. The SMILES string of the molecule is C=C1C=CC2=C(CC3C=C(C)CC2(/N=C/C=C/c2ccc(F)cc2)/C3=C/C)N1. The summed E-state index contributed by atoms with van der Waals surface area (Å²) in [4.78, 5) is 5.11. The molecule has 2 nitrogen and oxygen atoms in total. The summed E-state index contributed by atoms with van der Waals surface area (Å²) in [7, 11) is 0. The predicted molar refractivity (Wildman–Crippen MR) is 115 cm³/mol. The first-order chi connectivity index (χ1) is 13.5. The van der Waals surface area contributed by atoms with Crippen LogP contribution in [0.5, 0.6) is 0 Å². The second-order valence-electron chi connectivity index (χ2n) is 7.67. The minimum absolute atomic E-state index is 0.224. The highest BCUT2D eigenvalue weighted by molar-refractivity contribution is 5.80. The van der Waals surface area contributed by atoms with E-state index in [2.05, 4.69) is 44.0 Å². The van der Waals surface area contributed by atoms with Crippen LogP contribution in [0.15, 0.2) is 94.3 Å². The van der Waals surface area contributed by atoms with Crippen LogP contribution in [0.3, 0.4) is 0 Å². The highest BCUT2D eigenvalue weighted by Gasteiger charge is 2.47. The Morgan fingerprint density at radius 3 is 2.79 bits per heavy atom. The Labute approximate surface area is 166 Å². The van der Waals surface area contributed by atoms with Gasteiger partial charge in [0.05, 0.1) is 0 Å². The zero-order valence-electron chi connectivity index (χ0n) is 16.4. The Morgan fingerprint density at radius 1 is 1.25 bits per heavy atom. The Balaban J connectivity index is 1.72. The number of hydrogen-bond acceptors (Lipinski definition) is 2. The Morgan fingerprint density at radius 2 is 2.04 bits per heavy atom. The van der Waals surface area contributed by atoms with E-state index in [0.717, 1.165) is 24.1 Å². The molecule has 0 saturated heterocycles. The van der Waals surface area contributed by atoms with Gasteiger partial charge in [0.15, 0.2) is 0 Å². The second-order valence-corrected chi connectivity index (χ2v) is 7.67. The summed E-state index contributed by atoms with van der Waals surface area (Å²) in [6, 6.07) is 6.47. The van der Waals surface area contributed by atoms with Gasteiger partial charge < -0.3 is 5.32 Å². The van der Waals surface area contributed by atoms with Crippen molar-refractivity contribution in [1.29, 1.82) is 0 Å². The van der Waals surface area contributed by atoms with Crippen molar-refractivity contribution in [2.75, 3.05) is 0 Å².